The molecular formula is C15H14N2. The van der Waals surface area contributed by atoms with Gasteiger partial charge < -0.3 is 0 Å². The maximum Gasteiger partial charge on any atom is 0.0784 e. The molecule has 2 aromatic heterocycles. The number of aryl methyl sites for hydroxylation is 1. The summed E-state index contributed by atoms with van der Waals surface area (Å²) in [7, 11) is 0. The van der Waals surface area contributed by atoms with E-state index in [0.29, 0.717) is 0 Å². The zero-order valence-corrected chi connectivity index (χ0v) is 9.85. The second kappa shape index (κ2) is 4.13. The van der Waals surface area contributed by atoms with Gasteiger partial charge in [0, 0.05) is 34.2 Å². The molecule has 2 heterocycles. The first-order valence-electron chi connectivity index (χ1n) is 6.01. The highest BCUT2D eigenvalue weighted by molar-refractivity contribution is 6.04. The molecule has 0 atom stereocenters. The molecule has 0 radical (unpaired) electrons. The summed E-state index contributed by atoms with van der Waals surface area (Å²) in [6, 6.07) is 10.5. The van der Waals surface area contributed by atoms with Gasteiger partial charge >= 0.3 is 0 Å². The first-order valence-corrected chi connectivity index (χ1v) is 6.01. The average Bonchev–Trinajstić information content (AvgIpc) is 2.39. The molecule has 0 N–H and O–H groups in total. The molecule has 0 amide bonds. The Hall–Kier alpha value is -1.96. The Balaban J connectivity index is 2.34. The van der Waals surface area contributed by atoms with Crippen molar-refractivity contribution in [3.63, 3.8) is 0 Å². The van der Waals surface area contributed by atoms with Gasteiger partial charge in [0.1, 0.15) is 0 Å². The summed E-state index contributed by atoms with van der Waals surface area (Å²) in [4.78, 5) is 8.92. The van der Waals surface area contributed by atoms with Crippen LogP contribution in [-0.2, 0) is 6.42 Å². The minimum Gasteiger partial charge on any atom is -0.264 e. The summed E-state index contributed by atoms with van der Waals surface area (Å²) in [5, 5.41) is 3.54. The molecule has 0 spiro atoms. The lowest BCUT2D eigenvalue weighted by molar-refractivity contribution is 0.890. The topological polar surface area (TPSA) is 25.8 Å². The summed E-state index contributed by atoms with van der Waals surface area (Å²) < 4.78 is 0. The van der Waals surface area contributed by atoms with Crippen LogP contribution in [0.3, 0.4) is 0 Å². The van der Waals surface area contributed by atoms with E-state index in [1.54, 1.807) is 0 Å². The van der Waals surface area contributed by atoms with Crippen LogP contribution in [0, 0.1) is 0 Å². The summed E-state index contributed by atoms with van der Waals surface area (Å²) in [6.45, 7) is 2.18. The van der Waals surface area contributed by atoms with Gasteiger partial charge in [-0.15, -0.1) is 0 Å². The van der Waals surface area contributed by atoms with E-state index in [-0.39, 0.29) is 0 Å². The Morgan fingerprint density at radius 2 is 1.82 bits per heavy atom. The molecule has 0 aliphatic heterocycles. The summed E-state index contributed by atoms with van der Waals surface area (Å²) in [6.07, 6.45) is 5.89. The molecule has 0 saturated heterocycles. The second-order valence-electron chi connectivity index (χ2n) is 4.29. The Kier molecular flexibility index (Phi) is 2.48. The second-order valence-corrected chi connectivity index (χ2v) is 4.29. The number of pyridine rings is 2. The fourth-order valence-electron chi connectivity index (χ4n) is 2.19. The maximum atomic E-state index is 4.77. The van der Waals surface area contributed by atoms with Crippen molar-refractivity contribution in [2.45, 2.75) is 19.8 Å². The molecule has 0 fully saturated rings. The number of hydrogen-bond donors (Lipinski definition) is 0. The van der Waals surface area contributed by atoms with Crippen molar-refractivity contribution in [1.29, 1.82) is 0 Å². The molecule has 3 aromatic rings. The predicted octanol–water partition coefficient (Wildman–Crippen LogP) is 3.74. The van der Waals surface area contributed by atoms with E-state index >= 15 is 0 Å². The standard InChI is InChI=1S/C15H14N2/c1-2-3-13-7-6-11-4-5-12-10-16-9-8-14(12)15(11)17-13/h4-10H,2-3H2,1H3. The van der Waals surface area contributed by atoms with E-state index in [1.807, 2.05) is 18.5 Å². The van der Waals surface area contributed by atoms with Gasteiger partial charge in [0.2, 0.25) is 0 Å². The average molecular weight is 222 g/mol. The van der Waals surface area contributed by atoms with Crippen LogP contribution in [0.2, 0.25) is 0 Å². The van der Waals surface area contributed by atoms with E-state index in [0.717, 1.165) is 23.7 Å². The van der Waals surface area contributed by atoms with Crippen LogP contribution >= 0.6 is 0 Å². The van der Waals surface area contributed by atoms with Gasteiger partial charge in [-0.1, -0.05) is 31.5 Å². The number of aromatic nitrogens is 2. The van der Waals surface area contributed by atoms with Gasteiger partial charge in [-0.3, -0.25) is 9.97 Å². The zero-order valence-electron chi connectivity index (χ0n) is 9.85. The number of rotatable bonds is 2. The van der Waals surface area contributed by atoms with E-state index in [1.165, 1.54) is 16.5 Å². The van der Waals surface area contributed by atoms with Crippen molar-refractivity contribution in [2.75, 3.05) is 0 Å². The summed E-state index contributed by atoms with van der Waals surface area (Å²) >= 11 is 0. The van der Waals surface area contributed by atoms with Crippen LogP contribution in [0.25, 0.3) is 21.7 Å². The minimum absolute atomic E-state index is 1.04. The largest absolute Gasteiger partial charge is 0.264 e. The smallest absolute Gasteiger partial charge is 0.0784 e. The van der Waals surface area contributed by atoms with Gasteiger partial charge in [0.05, 0.1) is 5.52 Å². The zero-order chi connectivity index (χ0) is 11.7. The minimum atomic E-state index is 1.04. The molecule has 3 rings (SSSR count). The van der Waals surface area contributed by atoms with Crippen molar-refractivity contribution in [1.82, 2.24) is 9.97 Å². The lowest BCUT2D eigenvalue weighted by atomic mass is 10.1. The fourth-order valence-corrected chi connectivity index (χ4v) is 2.19. The summed E-state index contributed by atoms with van der Waals surface area (Å²) in [5.74, 6) is 0. The Labute approximate surface area is 100 Å². The number of nitrogens with zero attached hydrogens (tertiary/aromatic N) is 2. The molecule has 0 unspecified atom stereocenters. The lowest BCUT2D eigenvalue weighted by Crippen LogP contribution is -1.90. The van der Waals surface area contributed by atoms with Crippen molar-refractivity contribution in [3.05, 3.63) is 48.4 Å². The van der Waals surface area contributed by atoms with Crippen molar-refractivity contribution in [2.24, 2.45) is 0 Å². The van der Waals surface area contributed by atoms with Gasteiger partial charge in [-0.25, -0.2) is 0 Å². The summed E-state index contributed by atoms with van der Waals surface area (Å²) in [5.41, 5.74) is 2.26. The van der Waals surface area contributed by atoms with Gasteiger partial charge in [-0.2, -0.15) is 0 Å². The van der Waals surface area contributed by atoms with Gasteiger partial charge in [0.15, 0.2) is 0 Å². The van der Waals surface area contributed by atoms with Crippen molar-refractivity contribution in [3.8, 4) is 0 Å². The van der Waals surface area contributed by atoms with Crippen LogP contribution in [0.5, 0.6) is 0 Å². The Morgan fingerprint density at radius 1 is 1.00 bits per heavy atom. The van der Waals surface area contributed by atoms with E-state index in [9.17, 15) is 0 Å². The van der Waals surface area contributed by atoms with E-state index in [2.05, 4.69) is 36.2 Å². The molecule has 0 aliphatic carbocycles. The van der Waals surface area contributed by atoms with Crippen molar-refractivity contribution >= 4 is 21.7 Å². The Bertz CT molecular complexity index is 674. The highest BCUT2D eigenvalue weighted by Crippen LogP contribution is 2.23. The fraction of sp³-hybridized carbons (Fsp3) is 0.200. The highest BCUT2D eigenvalue weighted by atomic mass is 14.7. The maximum absolute atomic E-state index is 4.77. The van der Waals surface area contributed by atoms with Crippen molar-refractivity contribution < 1.29 is 0 Å². The van der Waals surface area contributed by atoms with Gasteiger partial charge in [-0.05, 0) is 18.6 Å². The third-order valence-electron chi connectivity index (χ3n) is 3.04. The molecule has 84 valence electrons. The number of benzene rings is 1. The highest BCUT2D eigenvalue weighted by Gasteiger charge is 2.02. The molecule has 2 heteroatoms. The SMILES string of the molecule is CCCc1ccc2ccc3cnccc3c2n1. The molecule has 2 nitrogen and oxygen atoms in total. The van der Waals surface area contributed by atoms with Crippen LogP contribution in [-0.4, -0.2) is 9.97 Å². The van der Waals surface area contributed by atoms with Crippen LogP contribution in [0.1, 0.15) is 19.0 Å². The van der Waals surface area contributed by atoms with Crippen LogP contribution in [0.4, 0.5) is 0 Å². The quantitative estimate of drug-likeness (QED) is 0.617. The first-order chi connectivity index (χ1) is 8.38. The van der Waals surface area contributed by atoms with E-state index in [4.69, 9.17) is 4.98 Å². The predicted molar refractivity (Wildman–Crippen MR) is 71.0 cm³/mol. The third kappa shape index (κ3) is 1.76. The molecule has 0 aliphatic rings. The molecule has 0 saturated carbocycles. The lowest BCUT2D eigenvalue weighted by Gasteiger charge is -2.05. The molecule has 17 heavy (non-hydrogen) atoms. The third-order valence-corrected chi connectivity index (χ3v) is 3.04. The monoisotopic (exact) mass is 222 g/mol. The molecule has 0 bridgehead atoms. The Morgan fingerprint density at radius 3 is 2.71 bits per heavy atom. The number of fused-ring (bicyclic) bond motifs is 3. The molecule has 1 aromatic carbocycles. The van der Waals surface area contributed by atoms with Crippen LogP contribution < -0.4 is 0 Å². The number of hydrogen-bond acceptors (Lipinski definition) is 2. The van der Waals surface area contributed by atoms with Gasteiger partial charge in [0.25, 0.3) is 0 Å². The molecular weight excluding hydrogens is 208 g/mol. The van der Waals surface area contributed by atoms with Crippen LogP contribution in [0.15, 0.2) is 42.7 Å². The normalized spacial score (nSPS) is 11.1. The van der Waals surface area contributed by atoms with E-state index < -0.39 is 0 Å². The first kappa shape index (κ1) is 10.2.